The molecule has 1 aliphatic rings. The number of tetrazole rings is 1. The summed E-state index contributed by atoms with van der Waals surface area (Å²) in [6.45, 7) is 2.22. The number of aryl methyl sites for hydroxylation is 1. The fourth-order valence-corrected chi connectivity index (χ4v) is 1.78. The highest BCUT2D eigenvalue weighted by molar-refractivity contribution is 5.76. The van der Waals surface area contributed by atoms with Gasteiger partial charge in [0.15, 0.2) is 5.82 Å². The maximum Gasteiger partial charge on any atom is 0.303 e. The molecule has 0 aromatic carbocycles. The molecule has 0 bridgehead atoms. The Labute approximate surface area is 109 Å². The van der Waals surface area contributed by atoms with E-state index in [-0.39, 0.29) is 25.3 Å². The molecule has 1 N–H and O–H groups in total. The summed E-state index contributed by atoms with van der Waals surface area (Å²) >= 11 is 0. The van der Waals surface area contributed by atoms with Crippen LogP contribution < -0.4 is 0 Å². The van der Waals surface area contributed by atoms with Crippen molar-refractivity contribution in [3.05, 3.63) is 5.82 Å². The van der Waals surface area contributed by atoms with Crippen LogP contribution in [0.4, 0.5) is 0 Å². The Morgan fingerprint density at radius 1 is 1.32 bits per heavy atom. The number of hydrogen-bond acceptors (Lipinski definition) is 6. The molecule has 0 atom stereocenters. The third-order valence-corrected chi connectivity index (χ3v) is 2.82. The summed E-state index contributed by atoms with van der Waals surface area (Å²) in [4.78, 5) is 24.2. The van der Waals surface area contributed by atoms with Crippen molar-refractivity contribution in [2.45, 2.75) is 19.4 Å². The van der Waals surface area contributed by atoms with Crippen molar-refractivity contribution in [2.75, 3.05) is 26.3 Å². The number of aliphatic carboxylic acids is 1. The summed E-state index contributed by atoms with van der Waals surface area (Å²) in [5, 5.41) is 19.5. The van der Waals surface area contributed by atoms with Crippen LogP contribution in [0.1, 0.15) is 12.2 Å². The summed E-state index contributed by atoms with van der Waals surface area (Å²) in [6.07, 6.45) is 0.144. The zero-order valence-corrected chi connectivity index (χ0v) is 10.4. The van der Waals surface area contributed by atoms with E-state index < -0.39 is 5.97 Å². The van der Waals surface area contributed by atoms with Gasteiger partial charge in [-0.05, 0) is 10.4 Å². The molecular formula is C10H15N5O4. The van der Waals surface area contributed by atoms with Crippen molar-refractivity contribution in [3.8, 4) is 0 Å². The predicted octanol–water partition coefficient (Wildman–Crippen LogP) is -1.45. The molecule has 1 saturated heterocycles. The summed E-state index contributed by atoms with van der Waals surface area (Å²) in [5.74, 6) is -0.606. The highest BCUT2D eigenvalue weighted by atomic mass is 16.5. The highest BCUT2D eigenvalue weighted by Gasteiger charge is 2.19. The minimum absolute atomic E-state index is 0.0297. The quantitative estimate of drug-likeness (QED) is 0.696. The minimum atomic E-state index is -0.922. The molecule has 2 rings (SSSR count). The van der Waals surface area contributed by atoms with Crippen molar-refractivity contribution < 1.29 is 19.4 Å². The number of amides is 1. The first-order valence-electron chi connectivity index (χ1n) is 5.99. The van der Waals surface area contributed by atoms with Crippen molar-refractivity contribution in [1.82, 2.24) is 25.1 Å². The summed E-state index contributed by atoms with van der Waals surface area (Å²) in [6, 6.07) is 0. The Hall–Kier alpha value is -2.03. The van der Waals surface area contributed by atoms with Crippen LogP contribution in [0.15, 0.2) is 0 Å². The highest BCUT2D eigenvalue weighted by Crippen LogP contribution is 2.02. The van der Waals surface area contributed by atoms with Gasteiger partial charge in [0.1, 0.15) is 6.54 Å². The number of morpholine rings is 1. The van der Waals surface area contributed by atoms with Gasteiger partial charge >= 0.3 is 5.97 Å². The van der Waals surface area contributed by atoms with Crippen molar-refractivity contribution in [1.29, 1.82) is 0 Å². The lowest BCUT2D eigenvalue weighted by molar-refractivity contribution is -0.137. The van der Waals surface area contributed by atoms with Gasteiger partial charge in [0, 0.05) is 19.5 Å². The second-order valence-electron chi connectivity index (χ2n) is 4.14. The summed E-state index contributed by atoms with van der Waals surface area (Å²) in [5.41, 5.74) is 0. The monoisotopic (exact) mass is 269 g/mol. The van der Waals surface area contributed by atoms with E-state index >= 15 is 0 Å². The largest absolute Gasteiger partial charge is 0.481 e. The number of carbonyl (C=O) groups excluding carboxylic acids is 1. The van der Waals surface area contributed by atoms with E-state index in [1.54, 1.807) is 4.90 Å². The van der Waals surface area contributed by atoms with Gasteiger partial charge in [0.05, 0.1) is 19.6 Å². The second-order valence-corrected chi connectivity index (χ2v) is 4.14. The number of nitrogens with zero attached hydrogens (tertiary/aromatic N) is 5. The normalized spacial score (nSPS) is 15.5. The van der Waals surface area contributed by atoms with Gasteiger partial charge < -0.3 is 14.7 Å². The van der Waals surface area contributed by atoms with Gasteiger partial charge in [0.25, 0.3) is 0 Å². The lowest BCUT2D eigenvalue weighted by Gasteiger charge is -2.26. The fourth-order valence-electron chi connectivity index (χ4n) is 1.78. The Morgan fingerprint density at radius 3 is 2.74 bits per heavy atom. The predicted molar refractivity (Wildman–Crippen MR) is 61.2 cm³/mol. The number of carbonyl (C=O) groups is 2. The molecule has 0 radical (unpaired) electrons. The summed E-state index contributed by atoms with van der Waals surface area (Å²) < 4.78 is 6.52. The zero-order valence-electron chi connectivity index (χ0n) is 10.4. The van der Waals surface area contributed by atoms with Crippen LogP contribution in [0.5, 0.6) is 0 Å². The van der Waals surface area contributed by atoms with Crippen LogP contribution in [0.3, 0.4) is 0 Å². The average molecular weight is 269 g/mol. The smallest absolute Gasteiger partial charge is 0.303 e. The molecule has 0 spiro atoms. The molecule has 104 valence electrons. The Balaban J connectivity index is 1.92. The Kier molecular flexibility index (Phi) is 4.39. The van der Waals surface area contributed by atoms with Crippen molar-refractivity contribution >= 4 is 11.9 Å². The van der Waals surface area contributed by atoms with Gasteiger partial charge in [-0.15, -0.1) is 5.10 Å². The standard InChI is InChI=1S/C10H15N5O4/c16-9(14-3-5-19-6-4-14)7-15-8(11-12-13-15)1-2-10(17)18/h1-7H2,(H,17,18). The lowest BCUT2D eigenvalue weighted by atomic mass is 10.3. The molecule has 19 heavy (non-hydrogen) atoms. The van der Waals surface area contributed by atoms with E-state index in [1.165, 1.54) is 4.68 Å². The van der Waals surface area contributed by atoms with E-state index in [4.69, 9.17) is 9.84 Å². The lowest BCUT2D eigenvalue weighted by Crippen LogP contribution is -2.42. The van der Waals surface area contributed by atoms with Gasteiger partial charge in [-0.2, -0.15) is 0 Å². The molecule has 9 nitrogen and oxygen atoms in total. The van der Waals surface area contributed by atoms with E-state index in [1.807, 2.05) is 0 Å². The minimum Gasteiger partial charge on any atom is -0.481 e. The number of hydrogen-bond donors (Lipinski definition) is 1. The molecule has 0 saturated carbocycles. The number of carboxylic acid groups (broad SMARTS) is 1. The van der Waals surface area contributed by atoms with Gasteiger partial charge in [-0.25, -0.2) is 4.68 Å². The Morgan fingerprint density at radius 2 is 2.05 bits per heavy atom. The first-order chi connectivity index (χ1) is 9.16. The number of carboxylic acids is 1. The molecule has 1 aromatic rings. The fraction of sp³-hybridized carbons (Fsp3) is 0.700. The molecule has 1 amide bonds. The van der Waals surface area contributed by atoms with Gasteiger partial charge in [0.2, 0.25) is 5.91 Å². The number of aromatic nitrogens is 4. The van der Waals surface area contributed by atoms with Crippen LogP contribution in [-0.2, 0) is 27.3 Å². The van der Waals surface area contributed by atoms with Crippen LogP contribution in [0.2, 0.25) is 0 Å². The molecule has 0 unspecified atom stereocenters. The number of ether oxygens (including phenoxy) is 1. The average Bonchev–Trinajstić information content (AvgIpc) is 2.84. The van der Waals surface area contributed by atoms with E-state index in [2.05, 4.69) is 15.5 Å². The van der Waals surface area contributed by atoms with Crippen molar-refractivity contribution in [2.24, 2.45) is 0 Å². The van der Waals surface area contributed by atoms with Crippen LogP contribution in [-0.4, -0.2) is 68.4 Å². The third-order valence-electron chi connectivity index (χ3n) is 2.82. The maximum atomic E-state index is 12.0. The van der Waals surface area contributed by atoms with Gasteiger partial charge in [-0.3, -0.25) is 9.59 Å². The molecule has 1 aliphatic heterocycles. The van der Waals surface area contributed by atoms with Crippen LogP contribution >= 0.6 is 0 Å². The van der Waals surface area contributed by atoms with E-state index in [9.17, 15) is 9.59 Å². The third kappa shape index (κ3) is 3.71. The molecule has 1 fully saturated rings. The zero-order chi connectivity index (χ0) is 13.7. The number of rotatable bonds is 5. The molecule has 9 heteroatoms. The van der Waals surface area contributed by atoms with Crippen molar-refractivity contribution in [3.63, 3.8) is 0 Å². The van der Waals surface area contributed by atoms with E-state index in [0.717, 1.165) is 0 Å². The second kappa shape index (κ2) is 6.23. The Bertz CT molecular complexity index is 455. The molecule has 2 heterocycles. The molecule has 0 aliphatic carbocycles. The van der Waals surface area contributed by atoms with Gasteiger partial charge in [-0.1, -0.05) is 0 Å². The van der Waals surface area contributed by atoms with Crippen LogP contribution in [0, 0.1) is 0 Å². The molecule has 1 aromatic heterocycles. The molecular weight excluding hydrogens is 254 g/mol. The van der Waals surface area contributed by atoms with Crippen LogP contribution in [0.25, 0.3) is 0 Å². The summed E-state index contributed by atoms with van der Waals surface area (Å²) in [7, 11) is 0. The topological polar surface area (TPSA) is 110 Å². The first-order valence-corrected chi connectivity index (χ1v) is 5.99. The first kappa shape index (κ1) is 13.4. The SMILES string of the molecule is O=C(O)CCc1nnnn1CC(=O)N1CCOCC1. The maximum absolute atomic E-state index is 12.0. The van der Waals surface area contributed by atoms with E-state index in [0.29, 0.717) is 32.1 Å².